The molecule has 0 amide bonds. The molecule has 17 heavy (non-hydrogen) atoms. The van der Waals surface area contributed by atoms with E-state index in [4.69, 9.17) is 9.63 Å². The number of carbonyl (C=O) groups is 1. The van der Waals surface area contributed by atoms with Gasteiger partial charge in [0, 0.05) is 6.42 Å². The summed E-state index contributed by atoms with van der Waals surface area (Å²) in [6, 6.07) is -0.416. The van der Waals surface area contributed by atoms with Crippen molar-refractivity contribution in [2.24, 2.45) is 0 Å². The van der Waals surface area contributed by atoms with Crippen molar-refractivity contribution in [3.05, 3.63) is 11.7 Å². The third-order valence-corrected chi connectivity index (χ3v) is 3.06. The van der Waals surface area contributed by atoms with Gasteiger partial charge in [-0.3, -0.25) is 9.69 Å². The summed E-state index contributed by atoms with van der Waals surface area (Å²) in [6.07, 6.45) is 3.42. The molecule has 1 aromatic rings. The first-order chi connectivity index (χ1) is 8.20. The lowest BCUT2D eigenvalue weighted by Crippen LogP contribution is -2.44. The third-order valence-electron chi connectivity index (χ3n) is 3.06. The lowest BCUT2D eigenvalue weighted by Gasteiger charge is -2.31. The summed E-state index contributed by atoms with van der Waals surface area (Å²) in [7, 11) is 0. The minimum Gasteiger partial charge on any atom is -0.480 e. The first-order valence-corrected chi connectivity index (χ1v) is 5.99. The van der Waals surface area contributed by atoms with Crippen molar-refractivity contribution in [2.45, 2.75) is 45.2 Å². The van der Waals surface area contributed by atoms with Crippen LogP contribution in [0.15, 0.2) is 4.52 Å². The van der Waals surface area contributed by atoms with E-state index in [1.807, 2.05) is 11.8 Å². The van der Waals surface area contributed by atoms with Crippen LogP contribution in [0.4, 0.5) is 0 Å². The van der Waals surface area contributed by atoms with Crippen LogP contribution in [0.2, 0.25) is 0 Å². The quantitative estimate of drug-likeness (QED) is 0.846. The number of aliphatic carboxylic acids is 1. The van der Waals surface area contributed by atoms with Gasteiger partial charge in [-0.2, -0.15) is 4.98 Å². The highest BCUT2D eigenvalue weighted by Gasteiger charge is 2.29. The Labute approximate surface area is 99.6 Å². The molecular weight excluding hydrogens is 222 g/mol. The fourth-order valence-electron chi connectivity index (χ4n) is 2.13. The van der Waals surface area contributed by atoms with Crippen molar-refractivity contribution in [1.29, 1.82) is 0 Å². The van der Waals surface area contributed by atoms with Gasteiger partial charge in [0.1, 0.15) is 6.04 Å². The van der Waals surface area contributed by atoms with E-state index in [-0.39, 0.29) is 0 Å². The highest BCUT2D eigenvalue weighted by Crippen LogP contribution is 2.19. The third kappa shape index (κ3) is 2.82. The standard InChI is InChI=1S/C11H17N3O3/c1-2-9-12-10(17-13-9)7-14-6-4-3-5-8(14)11(15)16/h8H,2-7H2,1H3,(H,15,16). The molecule has 1 N–H and O–H groups in total. The van der Waals surface area contributed by atoms with Crippen LogP contribution >= 0.6 is 0 Å². The number of rotatable bonds is 4. The van der Waals surface area contributed by atoms with E-state index in [2.05, 4.69) is 10.1 Å². The van der Waals surface area contributed by atoms with Crippen molar-refractivity contribution in [3.63, 3.8) is 0 Å². The van der Waals surface area contributed by atoms with Gasteiger partial charge >= 0.3 is 5.97 Å². The lowest BCUT2D eigenvalue weighted by molar-refractivity contribution is -0.145. The molecule has 94 valence electrons. The van der Waals surface area contributed by atoms with Gasteiger partial charge in [-0.15, -0.1) is 0 Å². The van der Waals surface area contributed by atoms with Crippen LogP contribution in [0.5, 0.6) is 0 Å². The normalized spacial score (nSPS) is 21.6. The summed E-state index contributed by atoms with van der Waals surface area (Å²) < 4.78 is 5.09. The first kappa shape index (κ1) is 12.0. The predicted octanol–water partition coefficient (Wildman–Crippen LogP) is 1.07. The van der Waals surface area contributed by atoms with Gasteiger partial charge in [0.25, 0.3) is 0 Å². The second-order valence-electron chi connectivity index (χ2n) is 4.28. The molecule has 1 fully saturated rings. The summed E-state index contributed by atoms with van der Waals surface area (Å²) in [5.41, 5.74) is 0. The molecule has 0 saturated carbocycles. The van der Waals surface area contributed by atoms with Crippen molar-refractivity contribution in [2.75, 3.05) is 6.54 Å². The molecule has 2 rings (SSSR count). The average molecular weight is 239 g/mol. The molecule has 1 aliphatic rings. The van der Waals surface area contributed by atoms with Crippen LogP contribution in [-0.2, 0) is 17.8 Å². The molecule has 1 aromatic heterocycles. The second kappa shape index (κ2) is 5.27. The largest absolute Gasteiger partial charge is 0.480 e. The van der Waals surface area contributed by atoms with E-state index in [0.717, 1.165) is 25.8 Å². The Bertz CT molecular complexity index is 391. The van der Waals surface area contributed by atoms with E-state index < -0.39 is 12.0 Å². The Balaban J connectivity index is 2.02. The zero-order valence-corrected chi connectivity index (χ0v) is 9.93. The fourth-order valence-corrected chi connectivity index (χ4v) is 2.13. The van der Waals surface area contributed by atoms with Crippen LogP contribution in [-0.4, -0.2) is 38.7 Å². The molecule has 0 bridgehead atoms. The summed E-state index contributed by atoms with van der Waals surface area (Å²) in [5, 5.41) is 12.9. The number of carboxylic acids is 1. The number of piperidine rings is 1. The molecule has 1 saturated heterocycles. The maximum absolute atomic E-state index is 11.1. The minimum atomic E-state index is -0.764. The van der Waals surface area contributed by atoms with Gasteiger partial charge in [-0.1, -0.05) is 18.5 Å². The number of carboxylic acid groups (broad SMARTS) is 1. The summed E-state index contributed by atoms with van der Waals surface area (Å²) >= 11 is 0. The molecule has 1 unspecified atom stereocenters. The molecule has 6 heteroatoms. The van der Waals surface area contributed by atoms with Crippen molar-refractivity contribution in [3.8, 4) is 0 Å². The van der Waals surface area contributed by atoms with Crippen LogP contribution in [0.25, 0.3) is 0 Å². The Morgan fingerprint density at radius 3 is 3.06 bits per heavy atom. The topological polar surface area (TPSA) is 79.5 Å². The molecule has 2 heterocycles. The number of likely N-dealkylation sites (tertiary alicyclic amines) is 1. The van der Waals surface area contributed by atoms with Gasteiger partial charge in [-0.05, 0) is 19.4 Å². The predicted molar refractivity (Wildman–Crippen MR) is 59.4 cm³/mol. The number of aromatic nitrogens is 2. The summed E-state index contributed by atoms with van der Waals surface area (Å²) in [4.78, 5) is 17.2. The van der Waals surface area contributed by atoms with Gasteiger partial charge in [0.05, 0.1) is 6.54 Å². The zero-order valence-electron chi connectivity index (χ0n) is 9.93. The molecule has 1 atom stereocenters. The summed E-state index contributed by atoms with van der Waals surface area (Å²) in [5.74, 6) is 0.416. The molecule has 0 aliphatic carbocycles. The van der Waals surface area contributed by atoms with E-state index in [1.54, 1.807) is 0 Å². The first-order valence-electron chi connectivity index (χ1n) is 5.99. The SMILES string of the molecule is CCc1noc(CN2CCCCC2C(=O)O)n1. The number of nitrogens with zero attached hydrogens (tertiary/aromatic N) is 3. The van der Waals surface area contributed by atoms with Crippen molar-refractivity contribution < 1.29 is 14.4 Å². The molecule has 0 aromatic carbocycles. The van der Waals surface area contributed by atoms with Crippen LogP contribution in [0.3, 0.4) is 0 Å². The molecule has 6 nitrogen and oxygen atoms in total. The lowest BCUT2D eigenvalue weighted by atomic mass is 10.0. The van der Waals surface area contributed by atoms with Crippen molar-refractivity contribution in [1.82, 2.24) is 15.0 Å². The number of hydrogen-bond donors (Lipinski definition) is 1. The Morgan fingerprint density at radius 2 is 2.41 bits per heavy atom. The van der Waals surface area contributed by atoms with E-state index >= 15 is 0 Å². The van der Waals surface area contributed by atoms with Gasteiger partial charge < -0.3 is 9.63 Å². The van der Waals surface area contributed by atoms with E-state index in [1.165, 1.54) is 0 Å². The van der Waals surface area contributed by atoms with Crippen LogP contribution in [0.1, 0.15) is 37.9 Å². The monoisotopic (exact) mass is 239 g/mol. The Kier molecular flexibility index (Phi) is 3.73. The summed E-state index contributed by atoms with van der Waals surface area (Å²) in [6.45, 7) is 3.17. The van der Waals surface area contributed by atoms with E-state index in [0.29, 0.717) is 24.7 Å². The Morgan fingerprint density at radius 1 is 1.59 bits per heavy atom. The smallest absolute Gasteiger partial charge is 0.320 e. The fraction of sp³-hybridized carbons (Fsp3) is 0.727. The van der Waals surface area contributed by atoms with Crippen molar-refractivity contribution >= 4 is 5.97 Å². The highest BCUT2D eigenvalue weighted by molar-refractivity contribution is 5.73. The minimum absolute atomic E-state index is 0.416. The maximum atomic E-state index is 11.1. The molecular formula is C11H17N3O3. The Hall–Kier alpha value is -1.43. The maximum Gasteiger partial charge on any atom is 0.320 e. The average Bonchev–Trinajstić information content (AvgIpc) is 2.77. The molecule has 0 spiro atoms. The molecule has 0 radical (unpaired) electrons. The van der Waals surface area contributed by atoms with E-state index in [9.17, 15) is 4.79 Å². The van der Waals surface area contributed by atoms with Crippen LogP contribution in [0, 0.1) is 0 Å². The molecule has 1 aliphatic heterocycles. The number of hydrogen-bond acceptors (Lipinski definition) is 5. The number of aryl methyl sites for hydroxylation is 1. The van der Waals surface area contributed by atoms with Gasteiger partial charge in [0.2, 0.25) is 5.89 Å². The zero-order chi connectivity index (χ0) is 12.3. The second-order valence-corrected chi connectivity index (χ2v) is 4.28. The van der Waals surface area contributed by atoms with Crippen LogP contribution < -0.4 is 0 Å². The highest BCUT2D eigenvalue weighted by atomic mass is 16.5. The van der Waals surface area contributed by atoms with Gasteiger partial charge in [-0.25, -0.2) is 0 Å². The van der Waals surface area contributed by atoms with Gasteiger partial charge in [0.15, 0.2) is 5.82 Å².